The number of halogens is 2. The van der Waals surface area contributed by atoms with Gasteiger partial charge in [-0.3, -0.25) is 4.90 Å². The Morgan fingerprint density at radius 2 is 2.28 bits per heavy atom. The van der Waals surface area contributed by atoms with E-state index >= 15 is 0 Å². The third-order valence-electron chi connectivity index (χ3n) is 3.63. The molecule has 100 valence electrons. The Kier molecular flexibility index (Phi) is 4.25. The lowest BCUT2D eigenvalue weighted by atomic mass is 9.90. The van der Waals surface area contributed by atoms with Crippen LogP contribution in [0.5, 0.6) is 0 Å². The topological polar surface area (TPSA) is 15.3 Å². The van der Waals surface area contributed by atoms with Gasteiger partial charge in [-0.05, 0) is 43.1 Å². The zero-order chi connectivity index (χ0) is 13.2. The zero-order valence-corrected chi connectivity index (χ0v) is 11.7. The monoisotopic (exact) mass is 270 g/mol. The Hall–Kier alpha value is -0.640. The maximum Gasteiger partial charge on any atom is 0.142 e. The van der Waals surface area contributed by atoms with Crippen molar-refractivity contribution in [3.05, 3.63) is 34.6 Å². The average molecular weight is 271 g/mol. The molecule has 1 aliphatic heterocycles. The van der Waals surface area contributed by atoms with Gasteiger partial charge >= 0.3 is 0 Å². The molecule has 1 atom stereocenters. The largest absolute Gasteiger partial charge is 0.319 e. The molecule has 1 saturated heterocycles. The summed E-state index contributed by atoms with van der Waals surface area (Å²) >= 11 is 5.69. The molecule has 0 aliphatic carbocycles. The molecule has 1 unspecified atom stereocenters. The molecule has 1 fully saturated rings. The maximum absolute atomic E-state index is 13.4. The third-order valence-corrected chi connectivity index (χ3v) is 3.94. The van der Waals surface area contributed by atoms with Crippen molar-refractivity contribution in [1.82, 2.24) is 10.2 Å². The van der Waals surface area contributed by atoms with E-state index in [2.05, 4.69) is 17.1 Å². The van der Waals surface area contributed by atoms with E-state index in [-0.39, 0.29) is 10.8 Å². The number of hydrogen-bond donors (Lipinski definition) is 1. The summed E-state index contributed by atoms with van der Waals surface area (Å²) in [5.74, 6) is -0.327. The lowest BCUT2D eigenvalue weighted by Gasteiger charge is -2.24. The molecule has 0 aromatic heterocycles. The van der Waals surface area contributed by atoms with Crippen LogP contribution >= 0.6 is 11.6 Å². The molecule has 0 radical (unpaired) electrons. The summed E-state index contributed by atoms with van der Waals surface area (Å²) in [4.78, 5) is 2.38. The fraction of sp³-hybridized carbons (Fsp3) is 0.571. The molecule has 18 heavy (non-hydrogen) atoms. The molecule has 1 aromatic rings. The van der Waals surface area contributed by atoms with Gasteiger partial charge in [0.2, 0.25) is 0 Å². The number of nitrogens with zero attached hydrogens (tertiary/aromatic N) is 1. The summed E-state index contributed by atoms with van der Waals surface area (Å²) in [5, 5.41) is 3.44. The summed E-state index contributed by atoms with van der Waals surface area (Å²) in [7, 11) is 1.99. The van der Waals surface area contributed by atoms with Gasteiger partial charge in [-0.25, -0.2) is 4.39 Å². The highest BCUT2D eigenvalue weighted by Gasteiger charge is 2.32. The van der Waals surface area contributed by atoms with Crippen LogP contribution < -0.4 is 5.32 Å². The van der Waals surface area contributed by atoms with Gasteiger partial charge in [-0.2, -0.15) is 0 Å². The molecule has 4 heteroatoms. The van der Waals surface area contributed by atoms with E-state index in [0.717, 1.165) is 31.7 Å². The lowest BCUT2D eigenvalue weighted by Crippen LogP contribution is -2.32. The highest BCUT2D eigenvalue weighted by Crippen LogP contribution is 2.30. The summed E-state index contributed by atoms with van der Waals surface area (Å²) < 4.78 is 13.4. The first-order chi connectivity index (χ1) is 8.52. The van der Waals surface area contributed by atoms with Crippen molar-refractivity contribution >= 4 is 11.6 Å². The molecule has 1 N–H and O–H groups in total. The molecule has 0 bridgehead atoms. The molecule has 2 rings (SSSR count). The molecule has 0 saturated carbocycles. The van der Waals surface area contributed by atoms with E-state index in [0.29, 0.717) is 5.41 Å². The predicted molar refractivity (Wildman–Crippen MR) is 73.3 cm³/mol. The van der Waals surface area contributed by atoms with Gasteiger partial charge in [0.15, 0.2) is 0 Å². The van der Waals surface area contributed by atoms with Crippen molar-refractivity contribution in [2.75, 3.05) is 26.7 Å². The molecule has 2 nitrogen and oxygen atoms in total. The van der Waals surface area contributed by atoms with Crippen LogP contribution in [0, 0.1) is 11.2 Å². The van der Waals surface area contributed by atoms with E-state index in [1.165, 1.54) is 12.5 Å². The van der Waals surface area contributed by atoms with E-state index in [4.69, 9.17) is 11.6 Å². The highest BCUT2D eigenvalue weighted by atomic mass is 35.5. The highest BCUT2D eigenvalue weighted by molar-refractivity contribution is 6.30. The van der Waals surface area contributed by atoms with Gasteiger partial charge in [-0.15, -0.1) is 0 Å². The molecule has 1 heterocycles. The summed E-state index contributed by atoms with van der Waals surface area (Å²) in [5.41, 5.74) is 1.32. The molecule has 1 aliphatic rings. The minimum atomic E-state index is -0.327. The van der Waals surface area contributed by atoms with Crippen LogP contribution in [0.3, 0.4) is 0 Å². The number of hydrogen-bond acceptors (Lipinski definition) is 2. The second-order valence-electron chi connectivity index (χ2n) is 5.55. The lowest BCUT2D eigenvalue weighted by molar-refractivity contribution is 0.265. The molecular formula is C14H20ClFN2. The Balaban J connectivity index is 1.97. The van der Waals surface area contributed by atoms with Crippen LogP contribution in [0.4, 0.5) is 4.39 Å². The fourth-order valence-electron chi connectivity index (χ4n) is 2.73. The number of rotatable bonds is 4. The van der Waals surface area contributed by atoms with Crippen molar-refractivity contribution in [3.63, 3.8) is 0 Å². The normalized spacial score (nSPS) is 24.7. The molecule has 1 aromatic carbocycles. The Labute approximate surface area is 113 Å². The first-order valence-corrected chi connectivity index (χ1v) is 6.71. The number of likely N-dealkylation sites (tertiary alicyclic amines) is 1. The third kappa shape index (κ3) is 3.22. The van der Waals surface area contributed by atoms with Gasteiger partial charge in [-0.1, -0.05) is 24.6 Å². The van der Waals surface area contributed by atoms with Crippen LogP contribution in [0.25, 0.3) is 0 Å². The van der Waals surface area contributed by atoms with Crippen LogP contribution in [-0.4, -0.2) is 31.6 Å². The second kappa shape index (κ2) is 5.55. The van der Waals surface area contributed by atoms with Crippen molar-refractivity contribution in [2.24, 2.45) is 5.41 Å². The predicted octanol–water partition coefficient (Wildman–Crippen LogP) is 2.91. The second-order valence-corrected chi connectivity index (χ2v) is 5.96. The van der Waals surface area contributed by atoms with Crippen molar-refractivity contribution in [3.8, 4) is 0 Å². The van der Waals surface area contributed by atoms with E-state index in [9.17, 15) is 4.39 Å². The standard InChI is InChI=1S/C14H20ClFN2/c1-14(9-17-2)5-6-18(10-14)8-11-3-4-12(15)13(16)7-11/h3-4,7,17H,5-6,8-10H2,1-2H3. The molecule has 0 amide bonds. The van der Waals surface area contributed by atoms with Gasteiger partial charge in [0, 0.05) is 19.6 Å². The van der Waals surface area contributed by atoms with Crippen molar-refractivity contribution in [2.45, 2.75) is 19.9 Å². The van der Waals surface area contributed by atoms with Gasteiger partial charge < -0.3 is 5.32 Å². The summed E-state index contributed by atoms with van der Waals surface area (Å²) in [6.07, 6.45) is 1.18. The van der Waals surface area contributed by atoms with E-state index < -0.39 is 0 Å². The van der Waals surface area contributed by atoms with Crippen LogP contribution in [0.2, 0.25) is 5.02 Å². The van der Waals surface area contributed by atoms with Crippen molar-refractivity contribution < 1.29 is 4.39 Å². The Morgan fingerprint density at radius 3 is 2.94 bits per heavy atom. The SMILES string of the molecule is CNCC1(C)CCN(Cc2ccc(Cl)c(F)c2)C1. The fourth-order valence-corrected chi connectivity index (χ4v) is 2.85. The Morgan fingerprint density at radius 1 is 1.50 bits per heavy atom. The number of benzene rings is 1. The minimum absolute atomic E-state index is 0.195. The van der Waals surface area contributed by atoms with Gasteiger partial charge in [0.1, 0.15) is 5.82 Å². The Bertz CT molecular complexity index is 424. The van der Waals surface area contributed by atoms with Crippen molar-refractivity contribution in [1.29, 1.82) is 0 Å². The average Bonchev–Trinajstić information content (AvgIpc) is 2.66. The zero-order valence-electron chi connectivity index (χ0n) is 11.0. The maximum atomic E-state index is 13.4. The van der Waals surface area contributed by atoms with Gasteiger partial charge in [0.05, 0.1) is 5.02 Å². The van der Waals surface area contributed by atoms with E-state index in [1.54, 1.807) is 6.07 Å². The summed E-state index contributed by atoms with van der Waals surface area (Å²) in [6.45, 7) is 6.25. The summed E-state index contributed by atoms with van der Waals surface area (Å²) in [6, 6.07) is 5.07. The van der Waals surface area contributed by atoms with Gasteiger partial charge in [0.25, 0.3) is 0 Å². The van der Waals surface area contributed by atoms with Crippen LogP contribution in [0.15, 0.2) is 18.2 Å². The molecule has 0 spiro atoms. The van der Waals surface area contributed by atoms with Crippen LogP contribution in [0.1, 0.15) is 18.9 Å². The smallest absolute Gasteiger partial charge is 0.142 e. The number of nitrogens with one attached hydrogen (secondary N) is 1. The van der Waals surface area contributed by atoms with E-state index in [1.807, 2.05) is 13.1 Å². The van der Waals surface area contributed by atoms with Crippen LogP contribution in [-0.2, 0) is 6.54 Å². The minimum Gasteiger partial charge on any atom is -0.319 e. The first-order valence-electron chi connectivity index (χ1n) is 6.33. The quantitative estimate of drug-likeness (QED) is 0.905. The first kappa shape index (κ1) is 13.8. The molecular weight excluding hydrogens is 251 g/mol.